The first-order chi connectivity index (χ1) is 9.86. The molecule has 3 fully saturated rings. The predicted molar refractivity (Wildman–Crippen MR) is 86.6 cm³/mol. The van der Waals surface area contributed by atoms with Crippen molar-refractivity contribution in [3.63, 3.8) is 0 Å². The number of thioether (sulfide) groups is 1. The summed E-state index contributed by atoms with van der Waals surface area (Å²) in [5.41, 5.74) is 0.246. The SMILES string of the molecule is C1CCC2(CC1)CC(NCCN1CCSCC1)CCO2. The quantitative estimate of drug-likeness (QED) is 0.862. The zero-order valence-electron chi connectivity index (χ0n) is 12.7. The Morgan fingerprint density at radius 1 is 1.15 bits per heavy atom. The number of hydrogen-bond donors (Lipinski definition) is 1. The third kappa shape index (κ3) is 4.12. The van der Waals surface area contributed by atoms with Gasteiger partial charge in [0.1, 0.15) is 0 Å². The van der Waals surface area contributed by atoms with Crippen molar-refractivity contribution in [3.05, 3.63) is 0 Å². The molecule has 3 aliphatic rings. The Labute approximate surface area is 128 Å². The molecule has 3 nitrogen and oxygen atoms in total. The van der Waals surface area contributed by atoms with E-state index < -0.39 is 0 Å². The van der Waals surface area contributed by atoms with E-state index in [4.69, 9.17) is 4.74 Å². The van der Waals surface area contributed by atoms with Crippen LogP contribution in [0.3, 0.4) is 0 Å². The molecular weight excluding hydrogens is 268 g/mol. The van der Waals surface area contributed by atoms with E-state index in [-0.39, 0.29) is 5.60 Å². The summed E-state index contributed by atoms with van der Waals surface area (Å²) in [5.74, 6) is 2.64. The van der Waals surface area contributed by atoms with Crippen LogP contribution in [0.4, 0.5) is 0 Å². The monoisotopic (exact) mass is 298 g/mol. The van der Waals surface area contributed by atoms with Gasteiger partial charge in [-0.2, -0.15) is 11.8 Å². The molecule has 1 saturated carbocycles. The van der Waals surface area contributed by atoms with Gasteiger partial charge in [-0.15, -0.1) is 0 Å². The molecule has 0 aromatic heterocycles. The zero-order valence-corrected chi connectivity index (χ0v) is 13.6. The first-order valence-electron chi connectivity index (χ1n) is 8.54. The number of nitrogens with one attached hydrogen (secondary N) is 1. The fourth-order valence-electron chi connectivity index (χ4n) is 4.00. The minimum Gasteiger partial charge on any atom is -0.375 e. The fraction of sp³-hybridized carbons (Fsp3) is 1.00. The van der Waals surface area contributed by atoms with Crippen LogP contribution in [0, 0.1) is 0 Å². The molecule has 2 aliphatic heterocycles. The van der Waals surface area contributed by atoms with Crippen LogP contribution in [-0.2, 0) is 4.74 Å². The highest BCUT2D eigenvalue weighted by Gasteiger charge is 2.38. The van der Waals surface area contributed by atoms with E-state index in [2.05, 4.69) is 22.0 Å². The van der Waals surface area contributed by atoms with E-state index in [1.807, 2.05) is 0 Å². The molecule has 0 bridgehead atoms. The normalized spacial score (nSPS) is 31.5. The van der Waals surface area contributed by atoms with E-state index in [1.165, 1.54) is 76.1 Å². The molecule has 0 aromatic rings. The van der Waals surface area contributed by atoms with Gasteiger partial charge >= 0.3 is 0 Å². The Balaban J connectivity index is 1.38. The predicted octanol–water partition coefficient (Wildman–Crippen LogP) is 2.51. The van der Waals surface area contributed by atoms with Crippen molar-refractivity contribution in [2.24, 2.45) is 0 Å². The lowest BCUT2D eigenvalue weighted by Crippen LogP contribution is -2.49. The molecule has 4 heteroatoms. The van der Waals surface area contributed by atoms with Crippen LogP contribution < -0.4 is 5.32 Å². The number of hydrogen-bond acceptors (Lipinski definition) is 4. The van der Waals surface area contributed by atoms with Crippen molar-refractivity contribution in [2.75, 3.05) is 44.3 Å². The molecule has 0 aromatic carbocycles. The maximum absolute atomic E-state index is 6.18. The highest BCUT2D eigenvalue weighted by atomic mass is 32.2. The smallest absolute Gasteiger partial charge is 0.0697 e. The first kappa shape index (κ1) is 15.1. The Bertz CT molecular complexity index is 283. The maximum atomic E-state index is 6.18. The van der Waals surface area contributed by atoms with E-state index in [0.29, 0.717) is 6.04 Å². The van der Waals surface area contributed by atoms with E-state index >= 15 is 0 Å². The van der Waals surface area contributed by atoms with Crippen LogP contribution in [0.25, 0.3) is 0 Å². The van der Waals surface area contributed by atoms with Crippen molar-refractivity contribution < 1.29 is 4.74 Å². The third-order valence-electron chi connectivity index (χ3n) is 5.22. The number of rotatable bonds is 4. The zero-order chi connectivity index (χ0) is 13.7. The Morgan fingerprint density at radius 2 is 1.95 bits per heavy atom. The van der Waals surface area contributed by atoms with Crippen molar-refractivity contribution in [1.82, 2.24) is 10.2 Å². The highest BCUT2D eigenvalue weighted by molar-refractivity contribution is 7.99. The molecule has 1 unspecified atom stereocenters. The molecule has 116 valence electrons. The van der Waals surface area contributed by atoms with Gasteiger partial charge in [-0.05, 0) is 25.7 Å². The molecule has 2 saturated heterocycles. The van der Waals surface area contributed by atoms with Gasteiger partial charge in [0, 0.05) is 50.3 Å². The first-order valence-corrected chi connectivity index (χ1v) is 9.69. The number of nitrogens with zero attached hydrogens (tertiary/aromatic N) is 1. The summed E-state index contributed by atoms with van der Waals surface area (Å²) < 4.78 is 6.18. The molecule has 20 heavy (non-hydrogen) atoms. The van der Waals surface area contributed by atoms with Crippen molar-refractivity contribution in [1.29, 1.82) is 0 Å². The van der Waals surface area contributed by atoms with Crippen molar-refractivity contribution in [3.8, 4) is 0 Å². The molecule has 1 spiro atoms. The largest absolute Gasteiger partial charge is 0.375 e. The van der Waals surface area contributed by atoms with E-state index in [1.54, 1.807) is 0 Å². The second-order valence-electron chi connectivity index (χ2n) is 6.69. The van der Waals surface area contributed by atoms with Crippen LogP contribution in [0.2, 0.25) is 0 Å². The molecule has 2 heterocycles. The lowest BCUT2D eigenvalue weighted by molar-refractivity contribution is -0.109. The van der Waals surface area contributed by atoms with Crippen LogP contribution in [0.1, 0.15) is 44.9 Å². The van der Waals surface area contributed by atoms with Gasteiger partial charge in [-0.1, -0.05) is 19.3 Å². The molecule has 1 aliphatic carbocycles. The van der Waals surface area contributed by atoms with Gasteiger partial charge in [0.15, 0.2) is 0 Å². The molecule has 3 rings (SSSR count). The molecule has 0 amide bonds. The van der Waals surface area contributed by atoms with Gasteiger partial charge in [0.25, 0.3) is 0 Å². The van der Waals surface area contributed by atoms with Gasteiger partial charge < -0.3 is 15.0 Å². The fourth-order valence-corrected chi connectivity index (χ4v) is 4.98. The van der Waals surface area contributed by atoms with Crippen LogP contribution >= 0.6 is 11.8 Å². The highest BCUT2D eigenvalue weighted by Crippen LogP contribution is 2.38. The van der Waals surface area contributed by atoms with Crippen LogP contribution in [0.15, 0.2) is 0 Å². The van der Waals surface area contributed by atoms with Gasteiger partial charge in [-0.25, -0.2) is 0 Å². The molecule has 0 radical (unpaired) electrons. The topological polar surface area (TPSA) is 24.5 Å². The number of ether oxygens (including phenoxy) is 1. The maximum Gasteiger partial charge on any atom is 0.0697 e. The van der Waals surface area contributed by atoms with E-state index in [0.717, 1.165) is 13.2 Å². The van der Waals surface area contributed by atoms with Crippen LogP contribution in [-0.4, -0.2) is 60.8 Å². The third-order valence-corrected chi connectivity index (χ3v) is 6.17. The summed E-state index contributed by atoms with van der Waals surface area (Å²) in [4.78, 5) is 2.61. The lowest BCUT2D eigenvalue weighted by Gasteiger charge is -2.44. The summed E-state index contributed by atoms with van der Waals surface area (Å²) in [6.07, 6.45) is 9.22. The second-order valence-corrected chi connectivity index (χ2v) is 7.91. The Kier molecular flexibility index (Phi) is 5.66. The van der Waals surface area contributed by atoms with Crippen LogP contribution in [0.5, 0.6) is 0 Å². The van der Waals surface area contributed by atoms with Gasteiger partial charge in [-0.3, -0.25) is 0 Å². The second kappa shape index (κ2) is 7.48. The summed E-state index contributed by atoms with van der Waals surface area (Å²) >= 11 is 2.10. The minimum absolute atomic E-state index is 0.246. The van der Waals surface area contributed by atoms with E-state index in [9.17, 15) is 0 Å². The summed E-state index contributed by atoms with van der Waals surface area (Å²) in [5, 5.41) is 3.81. The van der Waals surface area contributed by atoms with Gasteiger partial charge in [0.2, 0.25) is 0 Å². The van der Waals surface area contributed by atoms with Crippen molar-refractivity contribution in [2.45, 2.75) is 56.6 Å². The Morgan fingerprint density at radius 3 is 2.75 bits per heavy atom. The summed E-state index contributed by atoms with van der Waals surface area (Å²) in [6, 6.07) is 0.695. The average molecular weight is 298 g/mol. The Hall–Kier alpha value is 0.230. The standard InChI is InChI=1S/C16H30N2OS/c1-2-5-16(6-3-1)14-15(4-11-19-16)17-7-8-18-9-12-20-13-10-18/h15,17H,1-14H2. The minimum atomic E-state index is 0.246. The van der Waals surface area contributed by atoms with Crippen molar-refractivity contribution >= 4 is 11.8 Å². The lowest BCUT2D eigenvalue weighted by atomic mass is 9.78. The van der Waals surface area contributed by atoms with Gasteiger partial charge in [0.05, 0.1) is 5.60 Å². The molecule has 1 N–H and O–H groups in total. The molecule has 1 atom stereocenters. The molecular formula is C16H30N2OS. The average Bonchev–Trinajstić information content (AvgIpc) is 2.49. The summed E-state index contributed by atoms with van der Waals surface area (Å²) in [6.45, 7) is 5.92. The summed E-state index contributed by atoms with van der Waals surface area (Å²) in [7, 11) is 0.